The summed E-state index contributed by atoms with van der Waals surface area (Å²) in [7, 11) is 0. The number of rotatable bonds is 7. The summed E-state index contributed by atoms with van der Waals surface area (Å²) in [6.07, 6.45) is 4.76. The quantitative estimate of drug-likeness (QED) is 0.380. The van der Waals surface area contributed by atoms with E-state index < -0.39 is 41.6 Å². The molecule has 0 spiro atoms. The monoisotopic (exact) mass is 558 g/mol. The smallest absolute Gasteiger partial charge is 0.349 e. The Morgan fingerprint density at radius 3 is 2.59 bits per heavy atom. The molecule has 0 radical (unpaired) electrons. The van der Waals surface area contributed by atoms with E-state index in [2.05, 4.69) is 5.32 Å². The van der Waals surface area contributed by atoms with E-state index in [9.17, 15) is 24.6 Å². The SMILES string of the molecule is O=C(NCCO)C1=CC(N(CC2CCCCC2)C(=O)c2cc3ccccc3oc2=O)C(O)C2Oc3ccccc3C12. The number of nitrogens with zero attached hydrogens (tertiary/aromatic N) is 1. The lowest BCUT2D eigenvalue weighted by Gasteiger charge is -2.42. The lowest BCUT2D eigenvalue weighted by atomic mass is 9.77. The van der Waals surface area contributed by atoms with Crippen molar-refractivity contribution in [3.8, 4) is 5.75 Å². The molecular weight excluding hydrogens is 524 g/mol. The zero-order chi connectivity index (χ0) is 28.5. The summed E-state index contributed by atoms with van der Waals surface area (Å²) >= 11 is 0. The van der Waals surface area contributed by atoms with Gasteiger partial charge in [-0.3, -0.25) is 9.59 Å². The summed E-state index contributed by atoms with van der Waals surface area (Å²) in [6, 6.07) is 14.9. The van der Waals surface area contributed by atoms with Crippen molar-refractivity contribution in [3.63, 3.8) is 0 Å². The van der Waals surface area contributed by atoms with Gasteiger partial charge in [-0.15, -0.1) is 0 Å². The van der Waals surface area contributed by atoms with Crippen molar-refractivity contribution >= 4 is 22.8 Å². The van der Waals surface area contributed by atoms with Crippen molar-refractivity contribution in [2.45, 2.75) is 56.3 Å². The second-order valence-corrected chi connectivity index (χ2v) is 11.1. The number of hydrogen-bond acceptors (Lipinski definition) is 7. The highest BCUT2D eigenvalue weighted by Gasteiger charge is 2.50. The fraction of sp³-hybridized carbons (Fsp3) is 0.406. The zero-order valence-electron chi connectivity index (χ0n) is 22.7. The Labute approximate surface area is 237 Å². The van der Waals surface area contributed by atoms with E-state index in [1.165, 1.54) is 11.0 Å². The predicted molar refractivity (Wildman–Crippen MR) is 152 cm³/mol. The number of carbonyl (C=O) groups excluding carboxylic acids is 2. The lowest BCUT2D eigenvalue weighted by molar-refractivity contribution is -0.118. The van der Waals surface area contributed by atoms with Crippen LogP contribution in [0.2, 0.25) is 0 Å². The topological polar surface area (TPSA) is 129 Å². The number of aliphatic hydroxyl groups excluding tert-OH is 2. The molecule has 9 nitrogen and oxygen atoms in total. The highest BCUT2D eigenvalue weighted by Crippen LogP contribution is 2.47. The van der Waals surface area contributed by atoms with Crippen LogP contribution >= 0.6 is 0 Å². The van der Waals surface area contributed by atoms with E-state index in [0.29, 0.717) is 28.8 Å². The minimum absolute atomic E-state index is 0.0616. The van der Waals surface area contributed by atoms with Gasteiger partial charge in [0.25, 0.3) is 5.91 Å². The third-order valence-corrected chi connectivity index (χ3v) is 8.55. The van der Waals surface area contributed by atoms with Gasteiger partial charge < -0.3 is 29.6 Å². The Morgan fingerprint density at radius 1 is 1.02 bits per heavy atom. The van der Waals surface area contributed by atoms with Crippen molar-refractivity contribution in [1.29, 1.82) is 0 Å². The van der Waals surface area contributed by atoms with Gasteiger partial charge in [0, 0.05) is 29.6 Å². The van der Waals surface area contributed by atoms with Gasteiger partial charge in [0.15, 0.2) is 0 Å². The largest absolute Gasteiger partial charge is 0.486 e. The van der Waals surface area contributed by atoms with Crippen LogP contribution < -0.4 is 15.7 Å². The van der Waals surface area contributed by atoms with Crippen LogP contribution in [-0.4, -0.2) is 64.9 Å². The molecule has 3 aromatic rings. The standard InChI is InChI=1S/C32H34N2O7/c35-15-14-33-30(37)22-17-24(28(36)29-27(22)21-11-5-7-13-26(21)40-29)34(18-19-8-2-1-3-9-19)31(38)23-16-20-10-4-6-12-25(20)41-32(23)39/h4-7,10-13,16-17,19,24,27-29,35-36H,1-3,8-9,14-15,18H2,(H,33,37). The molecular formula is C32H34N2O7. The fourth-order valence-electron chi connectivity index (χ4n) is 6.54. The summed E-state index contributed by atoms with van der Waals surface area (Å²) < 4.78 is 11.7. The molecule has 2 amide bonds. The normalized spacial score (nSPS) is 23.7. The maximum atomic E-state index is 14.2. The van der Waals surface area contributed by atoms with Crippen LogP contribution in [-0.2, 0) is 4.79 Å². The molecule has 41 heavy (non-hydrogen) atoms. The van der Waals surface area contributed by atoms with Crippen LogP contribution in [0.4, 0.5) is 0 Å². The third kappa shape index (κ3) is 5.15. The number of amides is 2. The first-order valence-electron chi connectivity index (χ1n) is 14.3. The molecule has 214 valence electrons. The molecule has 3 aliphatic rings. The minimum atomic E-state index is -1.16. The highest BCUT2D eigenvalue weighted by molar-refractivity contribution is 5.98. The molecule has 0 saturated heterocycles. The Hall–Kier alpha value is -3.95. The predicted octanol–water partition coefficient (Wildman–Crippen LogP) is 3.14. The Kier molecular flexibility index (Phi) is 7.64. The molecule has 1 aliphatic heterocycles. The number of nitrogens with one attached hydrogen (secondary N) is 1. The number of para-hydroxylation sites is 2. The van der Waals surface area contributed by atoms with E-state index in [-0.39, 0.29) is 24.6 Å². The second-order valence-electron chi connectivity index (χ2n) is 11.1. The maximum Gasteiger partial charge on any atom is 0.349 e. The number of hydrogen-bond donors (Lipinski definition) is 3. The Balaban J connectivity index is 1.44. The van der Waals surface area contributed by atoms with Gasteiger partial charge in [-0.1, -0.05) is 55.7 Å². The van der Waals surface area contributed by atoms with E-state index >= 15 is 0 Å². The molecule has 3 N–H and O–H groups in total. The zero-order valence-corrected chi connectivity index (χ0v) is 22.7. The van der Waals surface area contributed by atoms with Crippen LogP contribution in [0.5, 0.6) is 5.75 Å². The number of carbonyl (C=O) groups is 2. The van der Waals surface area contributed by atoms with Gasteiger partial charge in [-0.25, -0.2) is 4.79 Å². The average Bonchev–Trinajstić information content (AvgIpc) is 3.39. The van der Waals surface area contributed by atoms with Crippen LogP contribution in [0, 0.1) is 5.92 Å². The lowest BCUT2D eigenvalue weighted by Crippen LogP contribution is -2.57. The minimum Gasteiger partial charge on any atom is -0.486 e. The third-order valence-electron chi connectivity index (χ3n) is 8.55. The van der Waals surface area contributed by atoms with Crippen molar-refractivity contribution in [2.24, 2.45) is 5.92 Å². The number of ether oxygens (including phenoxy) is 1. The van der Waals surface area contributed by atoms with Crippen molar-refractivity contribution in [2.75, 3.05) is 19.7 Å². The van der Waals surface area contributed by atoms with Crippen LogP contribution in [0.3, 0.4) is 0 Å². The summed E-state index contributed by atoms with van der Waals surface area (Å²) in [5.74, 6) is -0.746. The van der Waals surface area contributed by atoms with Crippen LogP contribution in [0.25, 0.3) is 11.0 Å². The van der Waals surface area contributed by atoms with Gasteiger partial charge in [-0.05, 0) is 43.0 Å². The fourth-order valence-corrected chi connectivity index (χ4v) is 6.54. The molecule has 0 bridgehead atoms. The summed E-state index contributed by atoms with van der Waals surface area (Å²) in [5.41, 5.74) is 0.647. The molecule has 1 saturated carbocycles. The molecule has 4 unspecified atom stereocenters. The number of benzene rings is 2. The van der Waals surface area contributed by atoms with Crippen molar-refractivity contribution in [3.05, 3.63) is 87.8 Å². The Bertz CT molecular complexity index is 1540. The van der Waals surface area contributed by atoms with E-state index in [0.717, 1.165) is 37.7 Å². The summed E-state index contributed by atoms with van der Waals surface area (Å²) in [4.78, 5) is 42.2. The summed E-state index contributed by atoms with van der Waals surface area (Å²) in [6.45, 7) is 0.154. The molecule has 1 aromatic heterocycles. The van der Waals surface area contributed by atoms with E-state index in [1.807, 2.05) is 18.2 Å². The van der Waals surface area contributed by atoms with Crippen molar-refractivity contribution in [1.82, 2.24) is 10.2 Å². The molecule has 2 aliphatic carbocycles. The average molecular weight is 559 g/mol. The van der Waals surface area contributed by atoms with Gasteiger partial charge in [0.2, 0.25) is 5.91 Å². The van der Waals surface area contributed by atoms with Crippen molar-refractivity contribution < 1.29 is 29.0 Å². The first-order chi connectivity index (χ1) is 20.0. The second kappa shape index (κ2) is 11.5. The highest BCUT2D eigenvalue weighted by atomic mass is 16.5. The molecule has 6 rings (SSSR count). The number of aliphatic hydroxyl groups is 2. The van der Waals surface area contributed by atoms with Crippen LogP contribution in [0.15, 0.2) is 75.5 Å². The van der Waals surface area contributed by atoms with Crippen LogP contribution in [0.1, 0.15) is 53.9 Å². The summed E-state index contributed by atoms with van der Waals surface area (Å²) in [5, 5.41) is 24.5. The Morgan fingerprint density at radius 2 is 1.78 bits per heavy atom. The molecule has 9 heteroatoms. The van der Waals surface area contributed by atoms with Gasteiger partial charge in [0.1, 0.15) is 29.1 Å². The number of fused-ring (bicyclic) bond motifs is 4. The van der Waals surface area contributed by atoms with Gasteiger partial charge in [0.05, 0.1) is 18.6 Å². The van der Waals surface area contributed by atoms with Gasteiger partial charge >= 0.3 is 5.63 Å². The molecule has 2 heterocycles. The molecule has 2 aromatic carbocycles. The maximum absolute atomic E-state index is 14.2. The van der Waals surface area contributed by atoms with E-state index in [1.54, 1.807) is 36.4 Å². The molecule has 1 fully saturated rings. The van der Waals surface area contributed by atoms with E-state index in [4.69, 9.17) is 9.15 Å². The van der Waals surface area contributed by atoms with Gasteiger partial charge in [-0.2, -0.15) is 0 Å². The first kappa shape index (κ1) is 27.2. The molecule has 4 atom stereocenters. The first-order valence-corrected chi connectivity index (χ1v) is 14.3.